The van der Waals surface area contributed by atoms with Crippen LogP contribution in [0.5, 0.6) is 0 Å². The summed E-state index contributed by atoms with van der Waals surface area (Å²) in [5, 5.41) is 0. The summed E-state index contributed by atoms with van der Waals surface area (Å²) in [6, 6.07) is 0. The Morgan fingerprint density at radius 1 is 1.70 bits per heavy atom. The number of alkyl halides is 2. The Labute approximate surface area is 57.1 Å². The normalized spacial score (nSPS) is 23.4. The van der Waals surface area contributed by atoms with E-state index in [2.05, 4.69) is 6.58 Å². The van der Waals surface area contributed by atoms with Gasteiger partial charge in [-0.05, 0) is 6.20 Å². The molecule has 1 rings (SSSR count). The number of halogens is 2. The molecule has 0 unspecified atom stereocenters. The van der Waals surface area contributed by atoms with E-state index >= 15 is 0 Å². The van der Waals surface area contributed by atoms with Crippen LogP contribution in [-0.4, -0.2) is 23.3 Å². The van der Waals surface area contributed by atoms with Crippen LogP contribution in [0.2, 0.25) is 0 Å². The predicted molar refractivity (Wildman–Crippen MR) is 31.5 cm³/mol. The molecule has 10 heavy (non-hydrogen) atoms. The molecule has 1 saturated heterocycles. The molecule has 4 heteroatoms. The van der Waals surface area contributed by atoms with Crippen molar-refractivity contribution < 1.29 is 13.6 Å². The van der Waals surface area contributed by atoms with Crippen molar-refractivity contribution in [2.45, 2.75) is 12.3 Å². The zero-order valence-electron chi connectivity index (χ0n) is 5.31. The average Bonchev–Trinajstić information content (AvgIpc) is 2.10. The number of hydrogen-bond donors (Lipinski definition) is 0. The maximum atomic E-state index is 12.3. The van der Waals surface area contributed by atoms with Crippen molar-refractivity contribution in [2.75, 3.05) is 6.54 Å². The van der Waals surface area contributed by atoms with Gasteiger partial charge < -0.3 is 4.90 Å². The van der Waals surface area contributed by atoms with Crippen LogP contribution in [0.1, 0.15) is 6.42 Å². The third kappa shape index (κ3) is 0.894. The Hall–Kier alpha value is -0.930. The molecule has 0 radical (unpaired) electrons. The Morgan fingerprint density at radius 2 is 2.30 bits per heavy atom. The molecule has 0 aromatic rings. The van der Waals surface area contributed by atoms with Crippen molar-refractivity contribution >= 4 is 5.91 Å². The van der Waals surface area contributed by atoms with Crippen LogP contribution in [0.3, 0.4) is 0 Å². The van der Waals surface area contributed by atoms with Gasteiger partial charge in [0.25, 0.3) is 5.91 Å². The van der Waals surface area contributed by atoms with Gasteiger partial charge in [-0.25, -0.2) is 0 Å². The highest BCUT2D eigenvalue weighted by molar-refractivity contribution is 5.86. The number of likely N-dealkylation sites (tertiary alicyclic amines) is 1. The number of nitrogens with zero attached hydrogens (tertiary/aromatic N) is 1. The summed E-state index contributed by atoms with van der Waals surface area (Å²) >= 11 is 0. The lowest BCUT2D eigenvalue weighted by molar-refractivity contribution is -0.145. The van der Waals surface area contributed by atoms with E-state index in [0.29, 0.717) is 0 Å². The first kappa shape index (κ1) is 7.18. The summed E-state index contributed by atoms with van der Waals surface area (Å²) in [5.74, 6) is -4.30. The molecule has 1 fully saturated rings. The van der Waals surface area contributed by atoms with E-state index in [-0.39, 0.29) is 6.54 Å². The molecule has 1 heterocycles. The Morgan fingerprint density at radius 3 is 2.50 bits per heavy atom. The summed E-state index contributed by atoms with van der Waals surface area (Å²) in [4.78, 5) is 11.5. The number of carbonyl (C=O) groups excluding carboxylic acids is 1. The molecule has 2 nitrogen and oxygen atoms in total. The van der Waals surface area contributed by atoms with E-state index in [1.54, 1.807) is 0 Å². The second-order valence-corrected chi connectivity index (χ2v) is 2.14. The van der Waals surface area contributed by atoms with Crippen LogP contribution >= 0.6 is 0 Å². The molecule has 0 bridgehead atoms. The largest absolute Gasteiger partial charge is 0.326 e. The molecule has 1 amide bonds. The molecule has 0 aromatic heterocycles. The molecular formula is C6H7F2NO. The van der Waals surface area contributed by atoms with Gasteiger partial charge in [0.2, 0.25) is 0 Å². The highest BCUT2D eigenvalue weighted by atomic mass is 19.3. The SMILES string of the molecule is C=CN1CCC(F)(F)C1=O. The van der Waals surface area contributed by atoms with E-state index in [1.807, 2.05) is 0 Å². The summed E-state index contributed by atoms with van der Waals surface area (Å²) < 4.78 is 24.7. The Kier molecular flexibility index (Phi) is 1.46. The fourth-order valence-corrected chi connectivity index (χ4v) is 0.854. The lowest BCUT2D eigenvalue weighted by atomic mass is 10.3. The zero-order valence-corrected chi connectivity index (χ0v) is 5.31. The summed E-state index contributed by atoms with van der Waals surface area (Å²) in [7, 11) is 0. The minimum absolute atomic E-state index is 0.0787. The van der Waals surface area contributed by atoms with Crippen molar-refractivity contribution in [3.63, 3.8) is 0 Å². The molecule has 1 aliphatic rings. The van der Waals surface area contributed by atoms with Crippen LogP contribution < -0.4 is 0 Å². The van der Waals surface area contributed by atoms with Crippen LogP contribution in [-0.2, 0) is 4.79 Å². The minimum atomic E-state index is -3.16. The summed E-state index contributed by atoms with van der Waals surface area (Å²) in [6.45, 7) is 3.31. The first-order valence-corrected chi connectivity index (χ1v) is 2.89. The molecule has 56 valence electrons. The van der Waals surface area contributed by atoms with Crippen molar-refractivity contribution in [1.82, 2.24) is 4.90 Å². The van der Waals surface area contributed by atoms with Gasteiger partial charge in [-0.15, -0.1) is 0 Å². The molecule has 0 atom stereocenters. The monoisotopic (exact) mass is 147 g/mol. The van der Waals surface area contributed by atoms with Gasteiger partial charge in [0.1, 0.15) is 0 Å². The maximum Gasteiger partial charge on any atom is 0.326 e. The second kappa shape index (κ2) is 2.04. The second-order valence-electron chi connectivity index (χ2n) is 2.14. The van der Waals surface area contributed by atoms with Gasteiger partial charge >= 0.3 is 5.92 Å². The standard InChI is InChI=1S/C6H7F2NO/c1-2-9-4-3-6(7,8)5(9)10/h2H,1,3-4H2. The topological polar surface area (TPSA) is 20.3 Å². The fourth-order valence-electron chi connectivity index (χ4n) is 0.854. The van der Waals surface area contributed by atoms with Crippen molar-refractivity contribution in [3.8, 4) is 0 Å². The van der Waals surface area contributed by atoms with Crippen LogP contribution in [0.25, 0.3) is 0 Å². The van der Waals surface area contributed by atoms with Gasteiger partial charge in [0.05, 0.1) is 0 Å². The van der Waals surface area contributed by atoms with Crippen LogP contribution in [0.4, 0.5) is 8.78 Å². The molecule has 0 aromatic carbocycles. The average molecular weight is 147 g/mol. The van der Waals surface area contributed by atoms with Crippen molar-refractivity contribution in [2.24, 2.45) is 0 Å². The molecule has 0 N–H and O–H groups in total. The summed E-state index contributed by atoms with van der Waals surface area (Å²) in [6.07, 6.45) is 0.737. The first-order valence-electron chi connectivity index (χ1n) is 2.89. The van der Waals surface area contributed by atoms with E-state index in [0.717, 1.165) is 11.1 Å². The molecule has 0 aliphatic carbocycles. The highest BCUT2D eigenvalue weighted by Crippen LogP contribution is 2.28. The third-order valence-corrected chi connectivity index (χ3v) is 1.46. The van der Waals surface area contributed by atoms with Crippen LogP contribution in [0, 0.1) is 0 Å². The van der Waals surface area contributed by atoms with E-state index in [9.17, 15) is 13.6 Å². The maximum absolute atomic E-state index is 12.3. The quantitative estimate of drug-likeness (QED) is 0.541. The van der Waals surface area contributed by atoms with Crippen molar-refractivity contribution in [1.29, 1.82) is 0 Å². The number of hydrogen-bond acceptors (Lipinski definition) is 1. The van der Waals surface area contributed by atoms with Gasteiger partial charge in [0.15, 0.2) is 0 Å². The lowest BCUT2D eigenvalue weighted by Crippen LogP contribution is -2.29. The Balaban J connectivity index is 2.76. The zero-order chi connectivity index (χ0) is 7.78. The molecule has 0 spiro atoms. The first-order chi connectivity index (χ1) is 4.58. The predicted octanol–water partition coefficient (Wildman–Crippen LogP) is 0.998. The fraction of sp³-hybridized carbons (Fsp3) is 0.500. The van der Waals surface area contributed by atoms with E-state index < -0.39 is 18.3 Å². The highest BCUT2D eigenvalue weighted by Gasteiger charge is 2.46. The molecule has 0 saturated carbocycles. The van der Waals surface area contributed by atoms with Gasteiger partial charge in [-0.3, -0.25) is 4.79 Å². The molecular weight excluding hydrogens is 140 g/mol. The summed E-state index contributed by atoms with van der Waals surface area (Å²) in [5.41, 5.74) is 0. The van der Waals surface area contributed by atoms with Gasteiger partial charge in [-0.2, -0.15) is 8.78 Å². The van der Waals surface area contributed by atoms with E-state index in [4.69, 9.17) is 0 Å². The van der Waals surface area contributed by atoms with Crippen molar-refractivity contribution in [3.05, 3.63) is 12.8 Å². The lowest BCUT2D eigenvalue weighted by Gasteiger charge is -2.08. The minimum Gasteiger partial charge on any atom is -0.314 e. The smallest absolute Gasteiger partial charge is 0.314 e. The Bertz CT molecular complexity index is 179. The molecule has 1 aliphatic heterocycles. The van der Waals surface area contributed by atoms with E-state index in [1.165, 1.54) is 0 Å². The third-order valence-electron chi connectivity index (χ3n) is 1.46. The van der Waals surface area contributed by atoms with Gasteiger partial charge in [0, 0.05) is 13.0 Å². The number of rotatable bonds is 1. The number of amides is 1. The number of carbonyl (C=O) groups is 1. The van der Waals surface area contributed by atoms with Crippen LogP contribution in [0.15, 0.2) is 12.8 Å². The van der Waals surface area contributed by atoms with Gasteiger partial charge in [-0.1, -0.05) is 6.58 Å².